The van der Waals surface area contributed by atoms with Crippen molar-refractivity contribution in [1.29, 1.82) is 0 Å². The average molecular weight is 528 g/mol. The number of amides is 1. The van der Waals surface area contributed by atoms with Crippen molar-refractivity contribution < 1.29 is 22.7 Å². The van der Waals surface area contributed by atoms with E-state index in [1.165, 1.54) is 15.1 Å². The van der Waals surface area contributed by atoms with E-state index >= 15 is 0 Å². The lowest BCUT2D eigenvalue weighted by atomic mass is 9.90. The highest BCUT2D eigenvalue weighted by Gasteiger charge is 2.45. The van der Waals surface area contributed by atoms with E-state index in [-0.39, 0.29) is 10.8 Å². The molecule has 2 aromatic carbocycles. The molecule has 0 bridgehead atoms. The number of aliphatic hydroxyl groups is 1. The summed E-state index contributed by atoms with van der Waals surface area (Å²) in [5.74, 6) is 0.147. The minimum Gasteiger partial charge on any atom is -0.464 e. The summed E-state index contributed by atoms with van der Waals surface area (Å²) in [6.45, 7) is 2.38. The number of benzene rings is 2. The number of fused-ring (bicyclic) bond motifs is 1. The Bertz CT molecular complexity index is 1800. The summed E-state index contributed by atoms with van der Waals surface area (Å²) in [4.78, 5) is 18.6. The molecule has 0 radical (unpaired) electrons. The number of hydrogen-bond donors (Lipinski definition) is 1. The van der Waals surface area contributed by atoms with Gasteiger partial charge in [-0.1, -0.05) is 35.9 Å². The first-order chi connectivity index (χ1) is 18.2. The van der Waals surface area contributed by atoms with Gasteiger partial charge in [-0.05, 0) is 54.4 Å². The number of aromatic nitrogens is 2. The fourth-order valence-corrected chi connectivity index (χ4v) is 6.27. The van der Waals surface area contributed by atoms with Crippen molar-refractivity contribution in [2.75, 3.05) is 13.6 Å². The molecule has 1 aliphatic heterocycles. The first-order valence-electron chi connectivity index (χ1n) is 12.1. The van der Waals surface area contributed by atoms with Gasteiger partial charge in [0.15, 0.2) is 11.2 Å². The zero-order chi connectivity index (χ0) is 26.7. The first-order valence-corrected chi connectivity index (χ1v) is 13.6. The molecule has 5 aromatic rings. The summed E-state index contributed by atoms with van der Waals surface area (Å²) < 4.78 is 34.1. The van der Waals surface area contributed by atoms with Crippen LogP contribution in [-0.4, -0.2) is 46.9 Å². The maximum absolute atomic E-state index is 13.5. The van der Waals surface area contributed by atoms with Crippen molar-refractivity contribution in [1.82, 2.24) is 13.9 Å². The highest BCUT2D eigenvalue weighted by atomic mass is 32.2. The second kappa shape index (κ2) is 8.68. The molecule has 38 heavy (non-hydrogen) atoms. The van der Waals surface area contributed by atoms with E-state index < -0.39 is 15.6 Å². The van der Waals surface area contributed by atoms with Crippen LogP contribution >= 0.6 is 0 Å². The predicted octanol–water partition coefficient (Wildman–Crippen LogP) is 4.56. The first kappa shape index (κ1) is 24.1. The molecule has 4 heterocycles. The summed E-state index contributed by atoms with van der Waals surface area (Å²) in [7, 11) is -2.22. The number of nitrogens with zero attached hydrogens (tertiary/aromatic N) is 3. The third-order valence-electron chi connectivity index (χ3n) is 7.16. The minimum absolute atomic E-state index is 0.166. The highest BCUT2D eigenvalue weighted by molar-refractivity contribution is 7.90. The molecule has 9 heteroatoms. The number of hydrogen-bond acceptors (Lipinski definition) is 6. The molecule has 0 unspecified atom stereocenters. The van der Waals surface area contributed by atoms with Crippen molar-refractivity contribution in [3.63, 3.8) is 0 Å². The Morgan fingerprint density at radius 3 is 2.55 bits per heavy atom. The van der Waals surface area contributed by atoms with Crippen LogP contribution in [0.5, 0.6) is 0 Å². The quantitative estimate of drug-likeness (QED) is 0.359. The maximum atomic E-state index is 13.5. The van der Waals surface area contributed by atoms with Crippen molar-refractivity contribution in [2.45, 2.75) is 23.8 Å². The van der Waals surface area contributed by atoms with Gasteiger partial charge < -0.3 is 14.4 Å². The smallest absolute Gasteiger partial charge is 0.269 e. The van der Waals surface area contributed by atoms with Crippen LogP contribution in [0.25, 0.3) is 33.5 Å². The molecule has 6 rings (SSSR count). The Morgan fingerprint density at radius 2 is 1.82 bits per heavy atom. The topological polar surface area (TPSA) is 106 Å². The molecule has 1 fully saturated rings. The predicted molar refractivity (Wildman–Crippen MR) is 143 cm³/mol. The Labute approximate surface area is 219 Å². The van der Waals surface area contributed by atoms with Gasteiger partial charge in [-0.25, -0.2) is 17.4 Å². The molecule has 1 saturated heterocycles. The Balaban J connectivity index is 1.42. The Kier molecular flexibility index (Phi) is 5.51. The average Bonchev–Trinajstić information content (AvgIpc) is 3.63. The van der Waals surface area contributed by atoms with E-state index in [2.05, 4.69) is 4.98 Å². The number of likely N-dealkylation sites (tertiary alicyclic amines) is 1. The normalized spacial score (nSPS) is 18.0. The van der Waals surface area contributed by atoms with Crippen molar-refractivity contribution in [3.05, 3.63) is 96.5 Å². The molecule has 1 atom stereocenters. The summed E-state index contributed by atoms with van der Waals surface area (Å²) in [5.41, 5.74) is 2.31. The van der Waals surface area contributed by atoms with Gasteiger partial charge in [0, 0.05) is 48.9 Å². The second-order valence-electron chi connectivity index (χ2n) is 9.65. The van der Waals surface area contributed by atoms with E-state index in [9.17, 15) is 18.3 Å². The number of rotatable bonds is 5. The van der Waals surface area contributed by atoms with Gasteiger partial charge in [-0.3, -0.25) is 4.79 Å². The molecule has 0 aliphatic carbocycles. The monoisotopic (exact) mass is 527 g/mol. The molecular weight excluding hydrogens is 502 g/mol. The van der Waals surface area contributed by atoms with Gasteiger partial charge in [0.1, 0.15) is 5.76 Å². The second-order valence-corrected chi connectivity index (χ2v) is 11.5. The summed E-state index contributed by atoms with van der Waals surface area (Å²) in [5, 5.41) is 11.7. The van der Waals surface area contributed by atoms with E-state index in [0.717, 1.165) is 16.7 Å². The molecule has 192 valence electrons. The van der Waals surface area contributed by atoms with E-state index in [0.29, 0.717) is 40.9 Å². The number of carbonyl (C=O) groups is 1. The van der Waals surface area contributed by atoms with Gasteiger partial charge in [-0.15, -0.1) is 0 Å². The standard InChI is InChI=1S/C29H25N3O5S/c1-19-8-10-23(11-9-19)38(35,36)32-17-25(24-7-4-13-30-27(24)32)26-16-21(18-37-26)20-5-3-6-22(15-20)29(34)12-14-31(2)28(29)33/h3-11,13,15-18,34H,12,14H2,1-2H3/t29-/m1/s1. The lowest BCUT2D eigenvalue weighted by molar-refractivity contribution is -0.143. The van der Waals surface area contributed by atoms with Crippen molar-refractivity contribution in [2.24, 2.45) is 0 Å². The van der Waals surface area contributed by atoms with Gasteiger partial charge in [0.2, 0.25) is 0 Å². The van der Waals surface area contributed by atoms with Crippen molar-refractivity contribution >= 4 is 27.0 Å². The van der Waals surface area contributed by atoms with Gasteiger partial charge >= 0.3 is 0 Å². The zero-order valence-corrected chi connectivity index (χ0v) is 21.6. The lowest BCUT2D eigenvalue weighted by Gasteiger charge is -2.21. The third kappa shape index (κ3) is 3.74. The lowest BCUT2D eigenvalue weighted by Crippen LogP contribution is -2.36. The molecule has 1 aliphatic rings. The molecule has 3 aromatic heterocycles. The van der Waals surface area contributed by atoms with E-state index in [1.807, 2.05) is 19.1 Å². The number of likely N-dealkylation sites (N-methyl/N-ethyl adjacent to an activating group) is 1. The molecule has 8 nitrogen and oxygen atoms in total. The van der Waals surface area contributed by atoms with Gasteiger partial charge in [0.25, 0.3) is 15.9 Å². The number of carbonyl (C=O) groups excluding carboxylic acids is 1. The summed E-state index contributed by atoms with van der Waals surface area (Å²) in [6, 6.07) is 19.3. The SMILES string of the molecule is Cc1ccc(S(=O)(=O)n2cc(-c3cc(-c4cccc([C@]5(O)CCN(C)C5=O)c4)co3)c3cccnc32)cc1. The summed E-state index contributed by atoms with van der Waals surface area (Å²) in [6.07, 6.45) is 4.99. The van der Waals surface area contributed by atoms with Crippen LogP contribution in [0.2, 0.25) is 0 Å². The minimum atomic E-state index is -3.90. The molecule has 1 amide bonds. The third-order valence-corrected chi connectivity index (χ3v) is 8.82. The number of furan rings is 1. The maximum Gasteiger partial charge on any atom is 0.269 e. The number of aryl methyl sites for hydroxylation is 1. The highest BCUT2D eigenvalue weighted by Crippen LogP contribution is 2.38. The fraction of sp³-hybridized carbons (Fsp3) is 0.172. The molecular formula is C29H25N3O5S. The van der Waals surface area contributed by atoms with Gasteiger partial charge in [0.05, 0.1) is 11.2 Å². The molecule has 0 spiro atoms. The van der Waals surface area contributed by atoms with Crippen molar-refractivity contribution in [3.8, 4) is 22.5 Å². The van der Waals surface area contributed by atoms with Crippen LogP contribution in [0.1, 0.15) is 17.5 Å². The van der Waals surface area contributed by atoms with Gasteiger partial charge in [-0.2, -0.15) is 0 Å². The fourth-order valence-electron chi connectivity index (χ4n) is 4.94. The van der Waals surface area contributed by atoms with Crippen LogP contribution in [0.15, 0.2) is 94.7 Å². The zero-order valence-electron chi connectivity index (χ0n) is 20.8. The van der Waals surface area contributed by atoms with Crippen LogP contribution < -0.4 is 0 Å². The Morgan fingerprint density at radius 1 is 1.03 bits per heavy atom. The van der Waals surface area contributed by atoms with Crippen LogP contribution in [0.3, 0.4) is 0 Å². The van der Waals surface area contributed by atoms with E-state index in [1.54, 1.807) is 74.1 Å². The van der Waals surface area contributed by atoms with Crippen LogP contribution in [-0.2, 0) is 20.4 Å². The number of pyridine rings is 1. The Hall–Kier alpha value is -4.21. The van der Waals surface area contributed by atoms with Crippen LogP contribution in [0, 0.1) is 6.92 Å². The molecule has 0 saturated carbocycles. The largest absolute Gasteiger partial charge is 0.464 e. The molecule has 1 N–H and O–H groups in total. The summed E-state index contributed by atoms with van der Waals surface area (Å²) >= 11 is 0. The van der Waals surface area contributed by atoms with E-state index in [4.69, 9.17) is 4.42 Å². The van der Waals surface area contributed by atoms with Crippen LogP contribution in [0.4, 0.5) is 0 Å².